The average molecular weight is 226 g/mol. The van der Waals surface area contributed by atoms with E-state index in [0.717, 1.165) is 6.42 Å². The van der Waals surface area contributed by atoms with Crippen LogP contribution in [0, 0.1) is 5.92 Å². The topological polar surface area (TPSA) is 54.5 Å². The molecular formula is C7H12ClNO3S. The predicted molar refractivity (Wildman–Crippen MR) is 50.0 cm³/mol. The number of nitrogens with zero attached hydrogens (tertiary/aromatic N) is 1. The second-order valence-corrected chi connectivity index (χ2v) is 6.13. The van der Waals surface area contributed by atoms with Crippen molar-refractivity contribution in [2.45, 2.75) is 12.8 Å². The summed E-state index contributed by atoms with van der Waals surface area (Å²) in [5.74, 6) is -0.797. The van der Waals surface area contributed by atoms with Crippen LogP contribution in [0.3, 0.4) is 0 Å². The molecule has 0 spiro atoms. The highest BCUT2D eigenvalue weighted by Crippen LogP contribution is 2.19. The highest BCUT2D eigenvalue weighted by molar-refractivity contribution is 8.13. The Morgan fingerprint density at radius 3 is 2.77 bits per heavy atom. The van der Waals surface area contributed by atoms with Crippen molar-refractivity contribution in [1.82, 2.24) is 4.90 Å². The van der Waals surface area contributed by atoms with Gasteiger partial charge in [-0.15, -0.1) is 0 Å². The SMILES string of the molecule is CN1CCCC(CS(=O)(=O)Cl)C1=O. The van der Waals surface area contributed by atoms with Crippen molar-refractivity contribution in [1.29, 1.82) is 0 Å². The minimum absolute atomic E-state index is 0.115. The summed E-state index contributed by atoms with van der Waals surface area (Å²) in [7, 11) is 3.20. The van der Waals surface area contributed by atoms with E-state index in [0.29, 0.717) is 13.0 Å². The summed E-state index contributed by atoms with van der Waals surface area (Å²) in [4.78, 5) is 13.0. The molecule has 1 rings (SSSR count). The van der Waals surface area contributed by atoms with Crippen LogP contribution >= 0.6 is 10.7 Å². The molecule has 0 aromatic carbocycles. The molecule has 76 valence electrons. The highest BCUT2D eigenvalue weighted by atomic mass is 35.7. The van der Waals surface area contributed by atoms with E-state index in [1.165, 1.54) is 0 Å². The zero-order valence-electron chi connectivity index (χ0n) is 7.36. The van der Waals surface area contributed by atoms with E-state index >= 15 is 0 Å². The fourth-order valence-corrected chi connectivity index (χ4v) is 2.76. The minimum atomic E-state index is -3.56. The summed E-state index contributed by atoms with van der Waals surface area (Å²) in [5, 5.41) is 0. The third-order valence-electron chi connectivity index (χ3n) is 2.17. The number of likely N-dealkylation sites (tertiary alicyclic amines) is 1. The maximum Gasteiger partial charge on any atom is 0.233 e. The van der Waals surface area contributed by atoms with E-state index in [1.807, 2.05) is 0 Å². The van der Waals surface area contributed by atoms with Gasteiger partial charge in [0.15, 0.2) is 0 Å². The number of carbonyl (C=O) groups excluding carboxylic acids is 1. The maximum atomic E-state index is 11.4. The Hall–Kier alpha value is -0.290. The van der Waals surface area contributed by atoms with Gasteiger partial charge in [-0.25, -0.2) is 8.42 Å². The smallest absolute Gasteiger partial charge is 0.233 e. The lowest BCUT2D eigenvalue weighted by molar-refractivity contribution is -0.135. The maximum absolute atomic E-state index is 11.4. The van der Waals surface area contributed by atoms with Crippen molar-refractivity contribution in [2.24, 2.45) is 5.92 Å². The zero-order chi connectivity index (χ0) is 10.1. The molecule has 1 heterocycles. The Morgan fingerprint density at radius 2 is 2.23 bits per heavy atom. The standard InChI is InChI=1S/C7H12ClNO3S/c1-9-4-2-3-6(7(9)10)5-13(8,11)12/h6H,2-5H2,1H3. The van der Waals surface area contributed by atoms with E-state index in [9.17, 15) is 13.2 Å². The van der Waals surface area contributed by atoms with Crippen LogP contribution in [-0.4, -0.2) is 38.6 Å². The highest BCUT2D eigenvalue weighted by Gasteiger charge is 2.29. The van der Waals surface area contributed by atoms with Crippen molar-refractivity contribution >= 4 is 25.6 Å². The molecule has 0 aromatic heterocycles. The average Bonchev–Trinajstić information content (AvgIpc) is 1.96. The van der Waals surface area contributed by atoms with E-state index in [-0.39, 0.29) is 11.7 Å². The van der Waals surface area contributed by atoms with Crippen LogP contribution in [0.2, 0.25) is 0 Å². The quantitative estimate of drug-likeness (QED) is 0.641. The van der Waals surface area contributed by atoms with Crippen LogP contribution in [0.4, 0.5) is 0 Å². The largest absolute Gasteiger partial charge is 0.345 e. The molecule has 4 nitrogen and oxygen atoms in total. The summed E-state index contributed by atoms with van der Waals surface area (Å²) < 4.78 is 21.5. The molecule has 0 N–H and O–H groups in total. The molecule has 1 atom stereocenters. The van der Waals surface area contributed by atoms with Gasteiger partial charge in [-0.1, -0.05) is 0 Å². The van der Waals surface area contributed by atoms with Gasteiger partial charge in [-0.05, 0) is 12.8 Å². The molecular weight excluding hydrogens is 214 g/mol. The molecule has 1 aliphatic heterocycles. The first-order valence-corrected chi connectivity index (χ1v) is 6.55. The number of halogens is 1. The van der Waals surface area contributed by atoms with Crippen molar-refractivity contribution in [2.75, 3.05) is 19.3 Å². The number of hydrogen-bond acceptors (Lipinski definition) is 3. The van der Waals surface area contributed by atoms with E-state index in [4.69, 9.17) is 10.7 Å². The van der Waals surface area contributed by atoms with Crippen LogP contribution in [0.15, 0.2) is 0 Å². The molecule has 0 aliphatic carbocycles. The van der Waals surface area contributed by atoms with Crippen molar-refractivity contribution in [3.05, 3.63) is 0 Å². The normalized spacial score (nSPS) is 24.9. The molecule has 1 saturated heterocycles. The van der Waals surface area contributed by atoms with Crippen LogP contribution < -0.4 is 0 Å². The molecule has 1 unspecified atom stereocenters. The number of amides is 1. The second-order valence-electron chi connectivity index (χ2n) is 3.30. The summed E-state index contributed by atoms with van der Waals surface area (Å²) in [6, 6.07) is 0. The van der Waals surface area contributed by atoms with Crippen LogP contribution in [0.25, 0.3) is 0 Å². The van der Waals surface area contributed by atoms with Gasteiger partial charge < -0.3 is 4.90 Å². The van der Waals surface area contributed by atoms with Gasteiger partial charge in [0.2, 0.25) is 15.0 Å². The third kappa shape index (κ3) is 3.15. The molecule has 0 aromatic rings. The zero-order valence-corrected chi connectivity index (χ0v) is 8.94. The lowest BCUT2D eigenvalue weighted by Crippen LogP contribution is -2.40. The summed E-state index contributed by atoms with van der Waals surface area (Å²) >= 11 is 0. The van der Waals surface area contributed by atoms with Crippen molar-refractivity contribution < 1.29 is 13.2 Å². The van der Waals surface area contributed by atoms with Gasteiger partial charge in [-0.2, -0.15) is 0 Å². The Morgan fingerprint density at radius 1 is 1.62 bits per heavy atom. The number of hydrogen-bond donors (Lipinski definition) is 0. The van der Waals surface area contributed by atoms with Gasteiger partial charge in [0.25, 0.3) is 0 Å². The molecule has 1 amide bonds. The van der Waals surface area contributed by atoms with Gasteiger partial charge in [0.05, 0.1) is 11.7 Å². The summed E-state index contributed by atoms with van der Waals surface area (Å²) in [6.45, 7) is 0.706. The monoisotopic (exact) mass is 225 g/mol. The van der Waals surface area contributed by atoms with Crippen molar-refractivity contribution in [3.8, 4) is 0 Å². The Balaban J connectivity index is 2.65. The van der Waals surface area contributed by atoms with E-state index in [2.05, 4.69) is 0 Å². The minimum Gasteiger partial charge on any atom is -0.345 e. The summed E-state index contributed by atoms with van der Waals surface area (Å²) in [5.41, 5.74) is 0. The first-order chi connectivity index (χ1) is 5.90. The molecule has 0 radical (unpaired) electrons. The van der Waals surface area contributed by atoms with Gasteiger partial charge in [0.1, 0.15) is 0 Å². The third-order valence-corrected chi connectivity index (χ3v) is 3.35. The molecule has 1 aliphatic rings. The first-order valence-electron chi connectivity index (χ1n) is 4.07. The van der Waals surface area contributed by atoms with Crippen LogP contribution in [0.1, 0.15) is 12.8 Å². The molecule has 0 saturated carbocycles. The first kappa shape index (κ1) is 10.8. The lowest BCUT2D eigenvalue weighted by atomic mass is 10.00. The molecule has 0 bridgehead atoms. The lowest BCUT2D eigenvalue weighted by Gasteiger charge is -2.28. The van der Waals surface area contributed by atoms with E-state index in [1.54, 1.807) is 11.9 Å². The summed E-state index contributed by atoms with van der Waals surface area (Å²) in [6.07, 6.45) is 1.47. The van der Waals surface area contributed by atoms with Crippen LogP contribution in [-0.2, 0) is 13.8 Å². The van der Waals surface area contributed by atoms with Gasteiger partial charge >= 0.3 is 0 Å². The fraction of sp³-hybridized carbons (Fsp3) is 0.857. The van der Waals surface area contributed by atoms with Gasteiger partial charge in [-0.3, -0.25) is 4.79 Å². The van der Waals surface area contributed by atoms with E-state index < -0.39 is 15.0 Å². The molecule has 1 fully saturated rings. The van der Waals surface area contributed by atoms with Gasteiger partial charge in [0, 0.05) is 24.3 Å². The van der Waals surface area contributed by atoms with Crippen molar-refractivity contribution in [3.63, 3.8) is 0 Å². The Bertz CT molecular complexity index is 301. The Labute approximate surface area is 82.3 Å². The number of piperidine rings is 1. The fourth-order valence-electron chi connectivity index (χ4n) is 1.52. The molecule has 6 heteroatoms. The van der Waals surface area contributed by atoms with Crippen LogP contribution in [0.5, 0.6) is 0 Å². The second kappa shape index (κ2) is 3.84. The number of carbonyl (C=O) groups is 1. The predicted octanol–water partition coefficient (Wildman–Crippen LogP) is 0.423. The molecule has 13 heavy (non-hydrogen) atoms. The Kier molecular flexibility index (Phi) is 3.18. The number of rotatable bonds is 2.